The second-order valence-electron chi connectivity index (χ2n) is 4.56. The molecule has 0 bridgehead atoms. The van der Waals surface area contributed by atoms with Gasteiger partial charge in [-0.15, -0.1) is 11.6 Å². The number of hydroxylamine groups is 2. The van der Waals surface area contributed by atoms with Crippen molar-refractivity contribution in [3.05, 3.63) is 35.9 Å². The molecule has 1 aliphatic heterocycles. The van der Waals surface area contributed by atoms with Crippen LogP contribution in [-0.2, 0) is 11.3 Å². The van der Waals surface area contributed by atoms with Crippen molar-refractivity contribution in [2.45, 2.75) is 25.1 Å². The third kappa shape index (κ3) is 3.70. The highest BCUT2D eigenvalue weighted by Crippen LogP contribution is 2.26. The molecule has 2 rings (SSSR count). The lowest BCUT2D eigenvalue weighted by Crippen LogP contribution is -2.41. The first-order valence-corrected chi connectivity index (χ1v) is 6.79. The molecule has 2 atom stereocenters. The average Bonchev–Trinajstić information content (AvgIpc) is 2.34. The van der Waals surface area contributed by atoms with E-state index < -0.39 is 0 Å². The molecule has 17 heavy (non-hydrogen) atoms. The Bertz CT molecular complexity index is 330. The SMILES string of the molecule is CCON1CCC(Cc2ccccc2)C(Cl)C1. The Balaban J connectivity index is 1.87. The van der Waals surface area contributed by atoms with Gasteiger partial charge in [-0.3, -0.25) is 4.84 Å². The Morgan fingerprint density at radius 1 is 1.35 bits per heavy atom. The number of hydrogen-bond donors (Lipinski definition) is 0. The van der Waals surface area contributed by atoms with Gasteiger partial charge in [-0.25, -0.2) is 0 Å². The van der Waals surface area contributed by atoms with Crippen LogP contribution in [0.2, 0.25) is 0 Å². The molecule has 0 saturated carbocycles. The van der Waals surface area contributed by atoms with Crippen molar-refractivity contribution in [1.29, 1.82) is 0 Å². The van der Waals surface area contributed by atoms with Crippen LogP contribution in [0.15, 0.2) is 30.3 Å². The van der Waals surface area contributed by atoms with E-state index in [1.54, 1.807) is 0 Å². The van der Waals surface area contributed by atoms with Crippen LogP contribution in [0.4, 0.5) is 0 Å². The summed E-state index contributed by atoms with van der Waals surface area (Å²) in [6.45, 7) is 4.58. The van der Waals surface area contributed by atoms with E-state index in [0.717, 1.165) is 32.5 Å². The summed E-state index contributed by atoms with van der Waals surface area (Å²) in [7, 11) is 0. The minimum absolute atomic E-state index is 0.190. The molecule has 0 aromatic heterocycles. The first-order chi connectivity index (χ1) is 8.29. The van der Waals surface area contributed by atoms with Gasteiger partial charge in [0.2, 0.25) is 0 Å². The highest BCUT2D eigenvalue weighted by molar-refractivity contribution is 6.21. The van der Waals surface area contributed by atoms with Crippen LogP contribution in [0.5, 0.6) is 0 Å². The maximum Gasteiger partial charge on any atom is 0.0656 e. The number of piperidine rings is 1. The lowest BCUT2D eigenvalue weighted by molar-refractivity contribution is -0.168. The van der Waals surface area contributed by atoms with E-state index in [0.29, 0.717) is 5.92 Å². The minimum Gasteiger partial charge on any atom is -0.299 e. The van der Waals surface area contributed by atoms with Gasteiger partial charge in [0.1, 0.15) is 0 Å². The van der Waals surface area contributed by atoms with Gasteiger partial charge in [-0.2, -0.15) is 5.06 Å². The number of benzene rings is 1. The molecule has 94 valence electrons. The van der Waals surface area contributed by atoms with E-state index in [9.17, 15) is 0 Å². The van der Waals surface area contributed by atoms with Gasteiger partial charge in [0, 0.05) is 13.1 Å². The van der Waals surface area contributed by atoms with Gasteiger partial charge in [-0.1, -0.05) is 30.3 Å². The molecule has 3 heteroatoms. The normalized spacial score (nSPS) is 26.0. The van der Waals surface area contributed by atoms with Crippen molar-refractivity contribution >= 4 is 11.6 Å². The smallest absolute Gasteiger partial charge is 0.0656 e. The molecular weight excluding hydrogens is 234 g/mol. The number of hydrogen-bond acceptors (Lipinski definition) is 2. The topological polar surface area (TPSA) is 12.5 Å². The van der Waals surface area contributed by atoms with Crippen molar-refractivity contribution in [2.75, 3.05) is 19.7 Å². The predicted molar refractivity (Wildman–Crippen MR) is 71.1 cm³/mol. The first kappa shape index (κ1) is 12.9. The maximum atomic E-state index is 6.44. The van der Waals surface area contributed by atoms with Crippen LogP contribution in [0.25, 0.3) is 0 Å². The first-order valence-electron chi connectivity index (χ1n) is 6.35. The van der Waals surface area contributed by atoms with E-state index in [1.165, 1.54) is 5.56 Å². The Morgan fingerprint density at radius 2 is 2.12 bits per heavy atom. The fourth-order valence-corrected chi connectivity index (χ4v) is 2.74. The second kappa shape index (κ2) is 6.39. The Hall–Kier alpha value is -0.570. The number of alkyl halides is 1. The average molecular weight is 254 g/mol. The molecule has 1 aromatic rings. The summed E-state index contributed by atoms with van der Waals surface area (Å²) in [5, 5.41) is 2.19. The summed E-state index contributed by atoms with van der Waals surface area (Å²) in [6, 6.07) is 10.6. The van der Waals surface area contributed by atoms with Gasteiger partial charge < -0.3 is 0 Å². The van der Waals surface area contributed by atoms with E-state index in [1.807, 2.05) is 12.0 Å². The monoisotopic (exact) mass is 253 g/mol. The molecule has 0 spiro atoms. The summed E-state index contributed by atoms with van der Waals surface area (Å²) in [4.78, 5) is 5.50. The zero-order valence-electron chi connectivity index (χ0n) is 10.3. The van der Waals surface area contributed by atoms with Crippen LogP contribution >= 0.6 is 11.6 Å². The summed E-state index contributed by atoms with van der Waals surface area (Å²) in [6.07, 6.45) is 2.19. The summed E-state index contributed by atoms with van der Waals surface area (Å²) >= 11 is 6.44. The molecule has 1 heterocycles. The Kier molecular flexibility index (Phi) is 4.84. The molecule has 0 amide bonds. The van der Waals surface area contributed by atoms with Crippen LogP contribution in [-0.4, -0.2) is 30.1 Å². The van der Waals surface area contributed by atoms with Crippen LogP contribution in [0.1, 0.15) is 18.9 Å². The quantitative estimate of drug-likeness (QED) is 0.765. The van der Waals surface area contributed by atoms with Gasteiger partial charge in [0.05, 0.1) is 12.0 Å². The van der Waals surface area contributed by atoms with Crippen molar-refractivity contribution in [2.24, 2.45) is 5.92 Å². The van der Waals surface area contributed by atoms with Crippen LogP contribution < -0.4 is 0 Å². The third-order valence-corrected chi connectivity index (χ3v) is 3.79. The molecule has 2 unspecified atom stereocenters. The predicted octanol–water partition coefficient (Wildman–Crippen LogP) is 3.11. The lowest BCUT2D eigenvalue weighted by Gasteiger charge is -2.34. The van der Waals surface area contributed by atoms with Gasteiger partial charge >= 0.3 is 0 Å². The largest absolute Gasteiger partial charge is 0.299 e. The summed E-state index contributed by atoms with van der Waals surface area (Å²) < 4.78 is 0. The third-order valence-electron chi connectivity index (χ3n) is 3.29. The minimum atomic E-state index is 0.190. The van der Waals surface area contributed by atoms with Crippen molar-refractivity contribution in [3.8, 4) is 0 Å². The fraction of sp³-hybridized carbons (Fsp3) is 0.571. The highest BCUT2D eigenvalue weighted by Gasteiger charge is 2.28. The molecule has 0 N–H and O–H groups in total. The van der Waals surface area contributed by atoms with E-state index in [-0.39, 0.29) is 5.38 Å². The molecule has 0 aliphatic carbocycles. The van der Waals surface area contributed by atoms with Crippen LogP contribution in [0, 0.1) is 5.92 Å². The molecule has 1 aromatic carbocycles. The van der Waals surface area contributed by atoms with Crippen molar-refractivity contribution < 1.29 is 4.84 Å². The molecule has 2 nitrogen and oxygen atoms in total. The maximum absolute atomic E-state index is 6.44. The lowest BCUT2D eigenvalue weighted by atomic mass is 9.90. The van der Waals surface area contributed by atoms with Gasteiger partial charge in [-0.05, 0) is 31.2 Å². The van der Waals surface area contributed by atoms with E-state index in [2.05, 4.69) is 30.3 Å². The molecule has 0 radical (unpaired) electrons. The standard InChI is InChI=1S/C14H20ClNO/c1-2-17-16-9-8-13(14(15)11-16)10-12-6-4-3-5-7-12/h3-7,13-14H,2,8-11H2,1H3. The Morgan fingerprint density at radius 3 is 2.76 bits per heavy atom. The van der Waals surface area contributed by atoms with Crippen molar-refractivity contribution in [1.82, 2.24) is 5.06 Å². The zero-order valence-corrected chi connectivity index (χ0v) is 11.1. The van der Waals surface area contributed by atoms with E-state index in [4.69, 9.17) is 16.4 Å². The van der Waals surface area contributed by atoms with Gasteiger partial charge in [0.25, 0.3) is 0 Å². The van der Waals surface area contributed by atoms with Crippen LogP contribution in [0.3, 0.4) is 0 Å². The molecule has 1 fully saturated rings. The highest BCUT2D eigenvalue weighted by atomic mass is 35.5. The molecule has 1 saturated heterocycles. The number of nitrogens with zero attached hydrogens (tertiary/aromatic N) is 1. The van der Waals surface area contributed by atoms with Crippen molar-refractivity contribution in [3.63, 3.8) is 0 Å². The second-order valence-corrected chi connectivity index (χ2v) is 5.12. The zero-order chi connectivity index (χ0) is 12.1. The Labute approximate surface area is 108 Å². The summed E-state index contributed by atoms with van der Waals surface area (Å²) in [5.41, 5.74) is 1.38. The molecule has 1 aliphatic rings. The number of rotatable bonds is 4. The van der Waals surface area contributed by atoms with Gasteiger partial charge in [0.15, 0.2) is 0 Å². The number of halogens is 1. The summed E-state index contributed by atoms with van der Waals surface area (Å²) in [5.74, 6) is 0.566. The van der Waals surface area contributed by atoms with E-state index >= 15 is 0 Å². The fourth-order valence-electron chi connectivity index (χ4n) is 2.37. The molecular formula is C14H20ClNO.